The number of thiocarbonyl (C=S) groups is 1. The Bertz CT molecular complexity index is 484. The van der Waals surface area contributed by atoms with E-state index < -0.39 is 0 Å². The summed E-state index contributed by atoms with van der Waals surface area (Å²) in [6.45, 7) is 6.93. The zero-order valence-corrected chi connectivity index (χ0v) is 12.5. The molecule has 1 aliphatic rings. The third kappa shape index (κ3) is 3.22. The minimum Gasteiger partial charge on any atom is -0.389 e. The molecule has 5 heteroatoms. The molecule has 0 aliphatic carbocycles. The van der Waals surface area contributed by atoms with Crippen molar-refractivity contribution in [2.75, 3.05) is 11.9 Å². The van der Waals surface area contributed by atoms with Crippen molar-refractivity contribution in [3.05, 3.63) is 22.9 Å². The highest BCUT2D eigenvalue weighted by molar-refractivity contribution is 7.80. The van der Waals surface area contributed by atoms with Crippen molar-refractivity contribution in [1.29, 1.82) is 0 Å². The minimum absolute atomic E-state index is 0.198. The number of nitrogens with two attached hydrogens (primary N) is 1. The lowest BCUT2D eigenvalue weighted by atomic mass is 10.1. The van der Waals surface area contributed by atoms with E-state index in [4.69, 9.17) is 22.7 Å². The lowest BCUT2D eigenvalue weighted by Gasteiger charge is -2.23. The summed E-state index contributed by atoms with van der Waals surface area (Å²) >= 11 is 5.13. The topological polar surface area (TPSA) is 60.2 Å². The molecule has 2 rings (SSSR count). The number of nitrogens with one attached hydrogen (secondary N) is 1. The van der Waals surface area contributed by atoms with Gasteiger partial charge < -0.3 is 15.8 Å². The number of pyridine rings is 1. The molecule has 1 saturated heterocycles. The van der Waals surface area contributed by atoms with E-state index >= 15 is 0 Å². The summed E-state index contributed by atoms with van der Waals surface area (Å²) in [4.78, 5) is 4.91. The van der Waals surface area contributed by atoms with Crippen molar-refractivity contribution < 1.29 is 4.74 Å². The van der Waals surface area contributed by atoms with Gasteiger partial charge in [0.1, 0.15) is 10.8 Å². The molecular weight excluding hydrogens is 258 g/mol. The summed E-state index contributed by atoms with van der Waals surface area (Å²) in [5.41, 5.74) is 8.67. The van der Waals surface area contributed by atoms with E-state index in [1.165, 1.54) is 0 Å². The van der Waals surface area contributed by atoms with Crippen LogP contribution in [0.3, 0.4) is 0 Å². The number of anilines is 1. The van der Waals surface area contributed by atoms with Crippen LogP contribution >= 0.6 is 12.2 Å². The zero-order valence-electron chi connectivity index (χ0n) is 11.7. The summed E-state index contributed by atoms with van der Waals surface area (Å²) in [5.74, 6) is 0.771. The molecule has 3 N–H and O–H groups in total. The molecular formula is C14H21N3OS. The fourth-order valence-corrected chi connectivity index (χ4v) is 2.82. The van der Waals surface area contributed by atoms with E-state index in [1.54, 1.807) is 0 Å². The molecule has 104 valence electrons. The van der Waals surface area contributed by atoms with Crippen LogP contribution < -0.4 is 11.1 Å². The van der Waals surface area contributed by atoms with Crippen LogP contribution in [0.2, 0.25) is 0 Å². The van der Waals surface area contributed by atoms with Crippen LogP contribution in [-0.2, 0) is 4.74 Å². The van der Waals surface area contributed by atoms with Crippen molar-refractivity contribution >= 4 is 23.0 Å². The lowest BCUT2D eigenvalue weighted by molar-refractivity contribution is 0.0995. The summed E-state index contributed by atoms with van der Waals surface area (Å²) in [7, 11) is 0. The van der Waals surface area contributed by atoms with E-state index in [0.29, 0.717) is 4.99 Å². The molecule has 0 saturated carbocycles. The third-order valence-electron chi connectivity index (χ3n) is 3.48. The average Bonchev–Trinajstić information content (AvgIpc) is 2.80. The van der Waals surface area contributed by atoms with Crippen LogP contribution in [0.4, 0.5) is 5.82 Å². The second-order valence-corrected chi connectivity index (χ2v) is 5.59. The largest absolute Gasteiger partial charge is 0.389 e. The van der Waals surface area contributed by atoms with Crippen LogP contribution in [0.1, 0.15) is 36.6 Å². The Morgan fingerprint density at radius 3 is 2.89 bits per heavy atom. The van der Waals surface area contributed by atoms with Gasteiger partial charge in [-0.2, -0.15) is 0 Å². The Labute approximate surface area is 119 Å². The Balaban J connectivity index is 2.25. The molecule has 1 aromatic heterocycles. The van der Waals surface area contributed by atoms with Gasteiger partial charge in [-0.1, -0.05) is 12.2 Å². The highest BCUT2D eigenvalue weighted by atomic mass is 32.1. The Morgan fingerprint density at radius 1 is 1.58 bits per heavy atom. The second kappa shape index (κ2) is 5.84. The van der Waals surface area contributed by atoms with Crippen molar-refractivity contribution in [3.8, 4) is 0 Å². The monoisotopic (exact) mass is 279 g/mol. The van der Waals surface area contributed by atoms with Crippen molar-refractivity contribution in [2.45, 2.75) is 45.8 Å². The Kier molecular flexibility index (Phi) is 4.37. The molecule has 1 aliphatic heterocycles. The molecule has 4 nitrogen and oxygen atoms in total. The van der Waals surface area contributed by atoms with Gasteiger partial charge in [0.2, 0.25) is 0 Å². The Hall–Kier alpha value is -1.20. The van der Waals surface area contributed by atoms with Crippen LogP contribution in [0.5, 0.6) is 0 Å². The van der Waals surface area contributed by atoms with E-state index in [9.17, 15) is 0 Å². The first-order valence-electron chi connectivity index (χ1n) is 6.65. The average molecular weight is 279 g/mol. The molecule has 0 bridgehead atoms. The van der Waals surface area contributed by atoms with Crippen LogP contribution in [-0.4, -0.2) is 28.7 Å². The van der Waals surface area contributed by atoms with Gasteiger partial charge in [0, 0.05) is 12.3 Å². The molecule has 2 atom stereocenters. The smallest absolute Gasteiger partial charge is 0.137 e. The van der Waals surface area contributed by atoms with E-state index in [-0.39, 0.29) is 12.1 Å². The Morgan fingerprint density at radius 2 is 2.32 bits per heavy atom. The van der Waals surface area contributed by atoms with Crippen molar-refractivity contribution in [3.63, 3.8) is 0 Å². The first-order chi connectivity index (χ1) is 8.99. The number of hydrogen-bond acceptors (Lipinski definition) is 4. The third-order valence-corrected chi connectivity index (χ3v) is 3.68. The number of ether oxygens (including phenoxy) is 1. The predicted octanol–water partition coefficient (Wildman–Crippen LogP) is 2.31. The van der Waals surface area contributed by atoms with E-state index in [0.717, 1.165) is 42.1 Å². The van der Waals surface area contributed by atoms with Gasteiger partial charge >= 0.3 is 0 Å². The zero-order chi connectivity index (χ0) is 14.0. The number of rotatable bonds is 4. The summed E-state index contributed by atoms with van der Waals surface area (Å²) in [5, 5.41) is 3.41. The first-order valence-corrected chi connectivity index (χ1v) is 7.06. The normalized spacial score (nSPS) is 20.3. The first kappa shape index (κ1) is 14.2. The summed E-state index contributed by atoms with van der Waals surface area (Å²) < 4.78 is 5.69. The number of aryl methyl sites for hydroxylation is 2. The van der Waals surface area contributed by atoms with Crippen molar-refractivity contribution in [2.24, 2.45) is 5.73 Å². The maximum absolute atomic E-state index is 5.81. The van der Waals surface area contributed by atoms with Gasteiger partial charge in [0.15, 0.2) is 0 Å². The molecule has 0 spiro atoms. The molecule has 2 unspecified atom stereocenters. The van der Waals surface area contributed by atoms with E-state index in [1.807, 2.05) is 19.9 Å². The highest BCUT2D eigenvalue weighted by Gasteiger charge is 2.24. The summed E-state index contributed by atoms with van der Waals surface area (Å²) in [6, 6.07) is 2.19. The van der Waals surface area contributed by atoms with Crippen LogP contribution in [0, 0.1) is 13.8 Å². The number of nitrogens with zero attached hydrogens (tertiary/aromatic N) is 1. The van der Waals surface area contributed by atoms with Gasteiger partial charge in [-0.15, -0.1) is 0 Å². The molecule has 2 heterocycles. The van der Waals surface area contributed by atoms with Crippen molar-refractivity contribution in [1.82, 2.24) is 4.98 Å². The molecule has 0 aromatic carbocycles. The van der Waals surface area contributed by atoms with Gasteiger partial charge in [-0.25, -0.2) is 4.98 Å². The second-order valence-electron chi connectivity index (χ2n) is 5.15. The quantitative estimate of drug-likeness (QED) is 0.828. The SMILES string of the molecule is Cc1cc(C)c(C(N)=S)c(NC(C)C2CCCO2)n1. The maximum atomic E-state index is 5.81. The van der Waals surface area contributed by atoms with Crippen LogP contribution in [0.25, 0.3) is 0 Å². The number of aromatic nitrogens is 1. The minimum atomic E-state index is 0.198. The molecule has 19 heavy (non-hydrogen) atoms. The fourth-order valence-electron chi connectivity index (χ4n) is 2.56. The molecule has 1 fully saturated rings. The summed E-state index contributed by atoms with van der Waals surface area (Å²) in [6.07, 6.45) is 2.45. The predicted molar refractivity (Wildman–Crippen MR) is 81.7 cm³/mol. The van der Waals surface area contributed by atoms with Gasteiger partial charge in [-0.3, -0.25) is 0 Å². The van der Waals surface area contributed by atoms with E-state index in [2.05, 4.69) is 17.2 Å². The van der Waals surface area contributed by atoms with Gasteiger partial charge in [0.05, 0.1) is 17.7 Å². The van der Waals surface area contributed by atoms with Gasteiger partial charge in [-0.05, 0) is 45.2 Å². The van der Waals surface area contributed by atoms with Gasteiger partial charge in [0.25, 0.3) is 0 Å². The standard InChI is InChI=1S/C14H21N3OS/c1-8-7-9(2)16-14(12(8)13(15)19)17-10(3)11-5-4-6-18-11/h7,10-11H,4-6H2,1-3H3,(H2,15,19)(H,16,17). The number of hydrogen-bond donors (Lipinski definition) is 2. The maximum Gasteiger partial charge on any atom is 0.137 e. The molecule has 0 amide bonds. The highest BCUT2D eigenvalue weighted by Crippen LogP contribution is 2.23. The van der Waals surface area contributed by atoms with Crippen LogP contribution in [0.15, 0.2) is 6.07 Å². The molecule has 1 aromatic rings. The molecule has 0 radical (unpaired) electrons. The lowest BCUT2D eigenvalue weighted by Crippen LogP contribution is -2.31. The fraction of sp³-hybridized carbons (Fsp3) is 0.571.